The summed E-state index contributed by atoms with van der Waals surface area (Å²) in [5, 5.41) is 1.00. The van der Waals surface area contributed by atoms with Crippen LogP contribution in [0, 0.1) is 5.92 Å². The summed E-state index contributed by atoms with van der Waals surface area (Å²) in [4.78, 5) is 0.162. The zero-order chi connectivity index (χ0) is 18.0. The fraction of sp³-hybridized carbons (Fsp3) is 0.333. The molecule has 0 N–H and O–H groups in total. The lowest BCUT2D eigenvalue weighted by atomic mass is 9.89. The van der Waals surface area contributed by atoms with Gasteiger partial charge in [0.1, 0.15) is 10.6 Å². The quantitative estimate of drug-likeness (QED) is 0.595. The van der Waals surface area contributed by atoms with Crippen LogP contribution in [0.5, 0.6) is 5.75 Å². The van der Waals surface area contributed by atoms with Crippen LogP contribution in [0.25, 0.3) is 10.9 Å². The van der Waals surface area contributed by atoms with Crippen LogP contribution in [-0.2, 0) is 16.7 Å². The number of aromatic nitrogens is 1. The van der Waals surface area contributed by atoms with Gasteiger partial charge in [-0.25, -0.2) is 0 Å². The average molecular weight is 369 g/mol. The molecule has 4 nitrogen and oxygen atoms in total. The third kappa shape index (κ3) is 3.63. The Balaban J connectivity index is 1.55. The fourth-order valence-corrected chi connectivity index (χ4v) is 4.74. The fourth-order valence-electron chi connectivity index (χ4n) is 3.80. The van der Waals surface area contributed by atoms with Gasteiger partial charge in [-0.3, -0.25) is 0 Å². The average Bonchev–Trinajstić information content (AvgIpc) is 3.05. The Morgan fingerprint density at radius 2 is 1.73 bits per heavy atom. The Morgan fingerprint density at radius 1 is 0.962 bits per heavy atom. The lowest BCUT2D eigenvalue weighted by Crippen LogP contribution is -2.13. The van der Waals surface area contributed by atoms with Crippen LogP contribution in [0.2, 0.25) is 0 Å². The smallest absolute Gasteiger partial charge is 0.339 e. The third-order valence-corrected chi connectivity index (χ3v) is 6.42. The molecule has 1 heterocycles. The number of nitrogens with zero attached hydrogens (tertiary/aromatic N) is 1. The summed E-state index contributed by atoms with van der Waals surface area (Å²) in [5.74, 6) is 1.09. The van der Waals surface area contributed by atoms with Crippen molar-refractivity contribution in [1.29, 1.82) is 0 Å². The molecule has 3 aromatic rings. The van der Waals surface area contributed by atoms with Gasteiger partial charge < -0.3 is 8.75 Å². The number of rotatable bonds is 5. The van der Waals surface area contributed by atoms with E-state index in [1.165, 1.54) is 44.2 Å². The monoisotopic (exact) mass is 369 g/mol. The first kappa shape index (κ1) is 17.2. The van der Waals surface area contributed by atoms with Crippen LogP contribution in [-0.4, -0.2) is 13.0 Å². The standard InChI is InChI=1S/C21H23NO3S/c23-26(24,20-9-5-2-6-10-20)25-19-11-12-21-18(15-19)13-14-22(21)16-17-7-3-1-4-8-17/h2,5-6,9-15,17H,1,3-4,7-8,16H2. The predicted octanol–water partition coefficient (Wildman–Crippen LogP) is 4.99. The van der Waals surface area contributed by atoms with E-state index in [0.717, 1.165) is 23.4 Å². The van der Waals surface area contributed by atoms with Gasteiger partial charge in [-0.05, 0) is 55.2 Å². The molecule has 5 heteroatoms. The predicted molar refractivity (Wildman–Crippen MR) is 103 cm³/mol. The first-order valence-electron chi connectivity index (χ1n) is 9.20. The van der Waals surface area contributed by atoms with Crippen LogP contribution in [0.15, 0.2) is 65.7 Å². The molecule has 2 aromatic carbocycles. The number of fused-ring (bicyclic) bond motifs is 1. The lowest BCUT2D eigenvalue weighted by Gasteiger charge is -2.22. The molecule has 26 heavy (non-hydrogen) atoms. The van der Waals surface area contributed by atoms with Gasteiger partial charge >= 0.3 is 10.1 Å². The highest BCUT2D eigenvalue weighted by Gasteiger charge is 2.17. The second-order valence-corrected chi connectivity index (χ2v) is 8.59. The summed E-state index contributed by atoms with van der Waals surface area (Å²) in [5.41, 5.74) is 1.13. The van der Waals surface area contributed by atoms with E-state index in [9.17, 15) is 8.42 Å². The molecule has 0 amide bonds. The van der Waals surface area contributed by atoms with Crippen molar-refractivity contribution >= 4 is 21.0 Å². The molecule has 136 valence electrons. The van der Waals surface area contributed by atoms with E-state index in [2.05, 4.69) is 10.8 Å². The Hall–Kier alpha value is -2.27. The van der Waals surface area contributed by atoms with E-state index < -0.39 is 10.1 Å². The Bertz CT molecular complexity index is 987. The SMILES string of the molecule is O=S(=O)(Oc1ccc2c(ccn2CC2CCCCC2)c1)c1ccccc1. The molecule has 0 spiro atoms. The summed E-state index contributed by atoms with van der Waals surface area (Å²) in [7, 11) is -3.80. The molecule has 0 saturated heterocycles. The summed E-state index contributed by atoms with van der Waals surface area (Å²) in [6, 6.07) is 15.7. The van der Waals surface area contributed by atoms with Gasteiger partial charge in [0.25, 0.3) is 0 Å². The van der Waals surface area contributed by atoms with Crippen LogP contribution in [0.1, 0.15) is 32.1 Å². The van der Waals surface area contributed by atoms with Gasteiger partial charge in [0.15, 0.2) is 0 Å². The Morgan fingerprint density at radius 3 is 2.50 bits per heavy atom. The molecule has 0 unspecified atom stereocenters. The minimum Gasteiger partial charge on any atom is -0.379 e. The van der Waals surface area contributed by atoms with Crippen molar-refractivity contribution in [2.45, 2.75) is 43.5 Å². The van der Waals surface area contributed by atoms with E-state index in [0.29, 0.717) is 5.75 Å². The highest BCUT2D eigenvalue weighted by atomic mass is 32.2. The van der Waals surface area contributed by atoms with Crippen molar-refractivity contribution in [3.8, 4) is 5.75 Å². The Kier molecular flexibility index (Phi) is 4.72. The maximum atomic E-state index is 12.4. The van der Waals surface area contributed by atoms with Crippen LogP contribution in [0.3, 0.4) is 0 Å². The first-order valence-corrected chi connectivity index (χ1v) is 10.6. The number of benzene rings is 2. The first-order chi connectivity index (χ1) is 12.6. The van der Waals surface area contributed by atoms with E-state index in [-0.39, 0.29) is 4.90 Å². The van der Waals surface area contributed by atoms with Gasteiger partial charge in [0, 0.05) is 23.6 Å². The molecule has 1 saturated carbocycles. The lowest BCUT2D eigenvalue weighted by molar-refractivity contribution is 0.322. The topological polar surface area (TPSA) is 48.3 Å². The van der Waals surface area contributed by atoms with Crippen molar-refractivity contribution in [3.05, 3.63) is 60.8 Å². The van der Waals surface area contributed by atoms with Crippen molar-refractivity contribution in [2.75, 3.05) is 0 Å². The van der Waals surface area contributed by atoms with Gasteiger partial charge in [0.05, 0.1) is 0 Å². The van der Waals surface area contributed by atoms with Crippen molar-refractivity contribution < 1.29 is 12.6 Å². The summed E-state index contributed by atoms with van der Waals surface area (Å²) < 4.78 is 32.4. The molecule has 1 aromatic heterocycles. The largest absolute Gasteiger partial charge is 0.379 e. The summed E-state index contributed by atoms with van der Waals surface area (Å²) >= 11 is 0. The molecule has 0 bridgehead atoms. The maximum absolute atomic E-state index is 12.4. The van der Waals surface area contributed by atoms with Gasteiger partial charge in [-0.2, -0.15) is 8.42 Å². The summed E-state index contributed by atoms with van der Waals surface area (Å²) in [6.45, 7) is 1.03. The van der Waals surface area contributed by atoms with Crippen LogP contribution < -0.4 is 4.18 Å². The maximum Gasteiger partial charge on any atom is 0.339 e. The number of hydrogen-bond acceptors (Lipinski definition) is 3. The summed E-state index contributed by atoms with van der Waals surface area (Å²) in [6.07, 6.45) is 8.72. The second kappa shape index (κ2) is 7.16. The van der Waals surface area contributed by atoms with Crippen molar-refractivity contribution in [2.24, 2.45) is 5.92 Å². The second-order valence-electron chi connectivity index (χ2n) is 7.04. The molecule has 0 radical (unpaired) electrons. The normalized spacial score (nSPS) is 16.0. The highest BCUT2D eigenvalue weighted by Crippen LogP contribution is 2.29. The van der Waals surface area contributed by atoms with Crippen molar-refractivity contribution in [1.82, 2.24) is 4.57 Å². The molecule has 0 aliphatic heterocycles. The molecule has 1 fully saturated rings. The minimum absolute atomic E-state index is 0.162. The van der Waals surface area contributed by atoms with Gasteiger partial charge in [-0.15, -0.1) is 0 Å². The third-order valence-electron chi connectivity index (χ3n) is 5.16. The molecular formula is C21H23NO3S. The molecule has 4 rings (SSSR count). The van der Waals surface area contributed by atoms with Crippen LogP contribution >= 0.6 is 0 Å². The van der Waals surface area contributed by atoms with Crippen LogP contribution in [0.4, 0.5) is 0 Å². The molecule has 0 atom stereocenters. The zero-order valence-corrected chi connectivity index (χ0v) is 15.5. The zero-order valence-electron chi connectivity index (χ0n) is 14.7. The van der Waals surface area contributed by atoms with E-state index >= 15 is 0 Å². The van der Waals surface area contributed by atoms with E-state index in [4.69, 9.17) is 4.18 Å². The Labute approximate surface area is 154 Å². The van der Waals surface area contributed by atoms with Crippen molar-refractivity contribution in [3.63, 3.8) is 0 Å². The highest BCUT2D eigenvalue weighted by molar-refractivity contribution is 7.87. The van der Waals surface area contributed by atoms with E-state index in [1.54, 1.807) is 30.3 Å². The van der Waals surface area contributed by atoms with Gasteiger partial charge in [-0.1, -0.05) is 37.5 Å². The van der Waals surface area contributed by atoms with Gasteiger partial charge in [0.2, 0.25) is 0 Å². The molecule has 1 aliphatic rings. The number of hydrogen-bond donors (Lipinski definition) is 0. The minimum atomic E-state index is -3.80. The molecule has 1 aliphatic carbocycles. The van der Waals surface area contributed by atoms with E-state index in [1.807, 2.05) is 12.1 Å². The molecular weight excluding hydrogens is 346 g/mol.